The minimum absolute atomic E-state index is 0.000592. The summed E-state index contributed by atoms with van der Waals surface area (Å²) in [5.74, 6) is -0.173. The quantitative estimate of drug-likeness (QED) is 0.856. The third kappa shape index (κ3) is 2.98. The van der Waals surface area contributed by atoms with Crippen molar-refractivity contribution < 1.29 is 13.2 Å². The predicted molar refractivity (Wildman–Crippen MR) is 64.6 cm³/mol. The van der Waals surface area contributed by atoms with Crippen molar-refractivity contribution in [1.29, 1.82) is 0 Å². The Morgan fingerprint density at radius 1 is 1.24 bits per heavy atom. The van der Waals surface area contributed by atoms with E-state index in [1.165, 1.54) is 24.3 Å². The number of nitrogens with one attached hydrogen (secondary N) is 1. The van der Waals surface area contributed by atoms with E-state index < -0.39 is 9.05 Å². The lowest BCUT2D eigenvalue weighted by atomic mass is 9.93. The highest BCUT2D eigenvalue weighted by atomic mass is 35.7. The van der Waals surface area contributed by atoms with E-state index in [9.17, 15) is 13.2 Å². The molecule has 0 aliphatic heterocycles. The summed E-state index contributed by atoms with van der Waals surface area (Å²) in [4.78, 5) is 11.7. The summed E-state index contributed by atoms with van der Waals surface area (Å²) >= 11 is 0. The molecule has 92 valence electrons. The molecule has 1 aromatic rings. The van der Waals surface area contributed by atoms with Crippen LogP contribution in [-0.4, -0.2) is 20.4 Å². The molecule has 0 spiro atoms. The first-order valence-corrected chi connectivity index (χ1v) is 7.63. The number of benzene rings is 1. The number of hydrogen-bond acceptors (Lipinski definition) is 3. The van der Waals surface area contributed by atoms with E-state index >= 15 is 0 Å². The van der Waals surface area contributed by atoms with Gasteiger partial charge in [-0.1, -0.05) is 0 Å². The number of carbonyl (C=O) groups is 1. The average molecular weight is 274 g/mol. The van der Waals surface area contributed by atoms with E-state index in [-0.39, 0.29) is 16.8 Å². The van der Waals surface area contributed by atoms with Crippen LogP contribution in [0.25, 0.3) is 0 Å². The molecule has 2 rings (SSSR count). The van der Waals surface area contributed by atoms with Crippen LogP contribution < -0.4 is 5.32 Å². The van der Waals surface area contributed by atoms with Crippen molar-refractivity contribution in [3.63, 3.8) is 0 Å². The van der Waals surface area contributed by atoms with Crippen molar-refractivity contribution in [3.8, 4) is 0 Å². The van der Waals surface area contributed by atoms with Crippen LogP contribution in [0.15, 0.2) is 29.2 Å². The largest absolute Gasteiger partial charge is 0.349 e. The normalized spacial score (nSPS) is 16.3. The molecule has 0 radical (unpaired) electrons. The molecule has 0 bridgehead atoms. The summed E-state index contributed by atoms with van der Waals surface area (Å²) in [6.07, 6.45) is 3.17. The molecule has 0 atom stereocenters. The van der Waals surface area contributed by atoms with Gasteiger partial charge in [0, 0.05) is 22.3 Å². The second-order valence-corrected chi connectivity index (χ2v) is 6.63. The minimum Gasteiger partial charge on any atom is -0.349 e. The predicted octanol–water partition coefficient (Wildman–Crippen LogP) is 1.90. The summed E-state index contributed by atoms with van der Waals surface area (Å²) in [7, 11) is 1.46. The molecule has 17 heavy (non-hydrogen) atoms. The van der Waals surface area contributed by atoms with Gasteiger partial charge in [0.15, 0.2) is 0 Å². The molecule has 1 fully saturated rings. The van der Waals surface area contributed by atoms with Gasteiger partial charge in [-0.2, -0.15) is 0 Å². The van der Waals surface area contributed by atoms with Gasteiger partial charge in [-0.3, -0.25) is 4.79 Å². The lowest BCUT2D eigenvalue weighted by Gasteiger charge is -2.26. The van der Waals surface area contributed by atoms with Gasteiger partial charge >= 0.3 is 0 Å². The first-order valence-electron chi connectivity index (χ1n) is 5.32. The molecule has 1 amide bonds. The molecule has 0 aromatic heterocycles. The van der Waals surface area contributed by atoms with Gasteiger partial charge in [-0.25, -0.2) is 8.42 Å². The van der Waals surface area contributed by atoms with Gasteiger partial charge < -0.3 is 5.32 Å². The Morgan fingerprint density at radius 2 is 1.82 bits per heavy atom. The molecule has 1 aromatic carbocycles. The molecule has 0 saturated heterocycles. The molecule has 6 heteroatoms. The van der Waals surface area contributed by atoms with Crippen molar-refractivity contribution in [2.24, 2.45) is 0 Å². The molecule has 1 N–H and O–H groups in total. The molecule has 0 unspecified atom stereocenters. The third-order valence-electron chi connectivity index (χ3n) is 2.84. The fourth-order valence-electron chi connectivity index (χ4n) is 1.59. The first-order chi connectivity index (χ1) is 7.97. The van der Waals surface area contributed by atoms with Crippen molar-refractivity contribution in [2.75, 3.05) is 0 Å². The van der Waals surface area contributed by atoms with Gasteiger partial charge in [0.1, 0.15) is 0 Å². The average Bonchev–Trinajstić information content (AvgIpc) is 2.22. The summed E-state index contributed by atoms with van der Waals surface area (Å²) in [6.45, 7) is 0. The van der Waals surface area contributed by atoms with E-state index in [0.29, 0.717) is 5.56 Å². The van der Waals surface area contributed by atoms with E-state index in [1.54, 1.807) is 0 Å². The second kappa shape index (κ2) is 4.66. The van der Waals surface area contributed by atoms with Crippen molar-refractivity contribution in [1.82, 2.24) is 5.32 Å². The van der Waals surface area contributed by atoms with Crippen LogP contribution in [0, 0.1) is 0 Å². The van der Waals surface area contributed by atoms with Crippen LogP contribution in [0.4, 0.5) is 0 Å². The maximum Gasteiger partial charge on any atom is 0.261 e. The van der Waals surface area contributed by atoms with Gasteiger partial charge in [0.05, 0.1) is 4.90 Å². The second-order valence-electron chi connectivity index (χ2n) is 4.06. The Labute approximate surface area is 104 Å². The Balaban J connectivity index is 2.09. The number of rotatable bonds is 3. The molecule has 1 saturated carbocycles. The Morgan fingerprint density at radius 3 is 2.24 bits per heavy atom. The summed E-state index contributed by atoms with van der Waals surface area (Å²) in [6, 6.07) is 5.85. The van der Waals surface area contributed by atoms with Crippen molar-refractivity contribution in [3.05, 3.63) is 29.8 Å². The lowest BCUT2D eigenvalue weighted by Crippen LogP contribution is -2.39. The monoisotopic (exact) mass is 273 g/mol. The molecule has 1 aliphatic carbocycles. The highest BCUT2D eigenvalue weighted by Crippen LogP contribution is 2.19. The van der Waals surface area contributed by atoms with Crippen LogP contribution in [0.3, 0.4) is 0 Å². The highest BCUT2D eigenvalue weighted by Gasteiger charge is 2.20. The van der Waals surface area contributed by atoms with Crippen molar-refractivity contribution in [2.45, 2.75) is 30.2 Å². The lowest BCUT2D eigenvalue weighted by molar-refractivity contribution is 0.0917. The summed E-state index contributed by atoms with van der Waals surface area (Å²) < 4.78 is 22.0. The van der Waals surface area contributed by atoms with Crippen LogP contribution >= 0.6 is 10.7 Å². The zero-order chi connectivity index (χ0) is 12.5. The zero-order valence-corrected chi connectivity index (χ0v) is 10.6. The standard InChI is InChI=1S/C11H12ClNO3S/c12-17(15,16)10-6-4-8(5-7-10)11(14)13-9-2-1-3-9/h4-7,9H,1-3H2,(H,13,14). The summed E-state index contributed by atoms with van der Waals surface area (Å²) in [5, 5.41) is 2.87. The maximum absolute atomic E-state index is 11.7. The van der Waals surface area contributed by atoms with E-state index in [2.05, 4.69) is 5.32 Å². The number of hydrogen-bond donors (Lipinski definition) is 1. The van der Waals surface area contributed by atoms with Gasteiger partial charge in [-0.15, -0.1) is 0 Å². The van der Waals surface area contributed by atoms with E-state index in [1.807, 2.05) is 0 Å². The van der Waals surface area contributed by atoms with Crippen LogP contribution in [0.2, 0.25) is 0 Å². The number of carbonyl (C=O) groups excluding carboxylic acids is 1. The fourth-order valence-corrected chi connectivity index (χ4v) is 2.36. The van der Waals surface area contributed by atoms with Gasteiger partial charge in [0.25, 0.3) is 15.0 Å². The Hall–Kier alpha value is -1.07. The zero-order valence-electron chi connectivity index (χ0n) is 9.02. The van der Waals surface area contributed by atoms with Crippen LogP contribution in [0.1, 0.15) is 29.6 Å². The summed E-state index contributed by atoms with van der Waals surface area (Å²) in [5.41, 5.74) is 0.445. The molecular formula is C11H12ClNO3S. The molecule has 1 aliphatic rings. The van der Waals surface area contributed by atoms with Crippen molar-refractivity contribution >= 4 is 25.6 Å². The third-order valence-corrected chi connectivity index (χ3v) is 4.21. The number of amides is 1. The topological polar surface area (TPSA) is 63.2 Å². The van der Waals surface area contributed by atoms with Gasteiger partial charge in [0.2, 0.25) is 0 Å². The smallest absolute Gasteiger partial charge is 0.261 e. The van der Waals surface area contributed by atoms with Crippen LogP contribution in [0.5, 0.6) is 0 Å². The number of halogens is 1. The van der Waals surface area contributed by atoms with Gasteiger partial charge in [-0.05, 0) is 43.5 Å². The molecule has 0 heterocycles. The first kappa shape index (κ1) is 12.4. The molecule has 4 nitrogen and oxygen atoms in total. The van der Waals surface area contributed by atoms with E-state index in [0.717, 1.165) is 19.3 Å². The van der Waals surface area contributed by atoms with Crippen LogP contribution in [-0.2, 0) is 9.05 Å². The van der Waals surface area contributed by atoms with E-state index in [4.69, 9.17) is 10.7 Å². The SMILES string of the molecule is O=C(NC1CCC1)c1ccc(S(=O)(=O)Cl)cc1. The maximum atomic E-state index is 11.7. The molecular weight excluding hydrogens is 262 g/mol. The Bertz CT molecular complexity index is 520. The highest BCUT2D eigenvalue weighted by molar-refractivity contribution is 8.13. The minimum atomic E-state index is -3.72. The fraction of sp³-hybridized carbons (Fsp3) is 0.364. The Kier molecular flexibility index (Phi) is 3.40.